The Morgan fingerprint density at radius 3 is 2.96 bits per heavy atom. The summed E-state index contributed by atoms with van der Waals surface area (Å²) in [5.74, 6) is -0.0529. The number of alkyl halides is 1. The van der Waals surface area contributed by atoms with Crippen molar-refractivity contribution in [3.63, 3.8) is 0 Å². The van der Waals surface area contributed by atoms with E-state index in [4.69, 9.17) is 11.6 Å². The van der Waals surface area contributed by atoms with Crippen LogP contribution in [0.3, 0.4) is 0 Å². The largest absolute Gasteiger partial charge is 0.333 e. The Morgan fingerprint density at radius 1 is 1.43 bits per heavy atom. The highest BCUT2D eigenvalue weighted by Gasteiger charge is 2.30. The highest BCUT2D eigenvalue weighted by atomic mass is 35.5. The maximum atomic E-state index is 12.3. The number of hydrogen-bond donors (Lipinski definition) is 0. The molecule has 0 bridgehead atoms. The summed E-state index contributed by atoms with van der Waals surface area (Å²) in [6.07, 6.45) is 2.57. The lowest BCUT2D eigenvalue weighted by atomic mass is 9.86. The summed E-state index contributed by atoms with van der Waals surface area (Å²) >= 11 is 7.72. The van der Waals surface area contributed by atoms with Gasteiger partial charge in [0.05, 0.1) is 10.9 Å². The minimum absolute atomic E-state index is 0.103. The fourth-order valence-corrected chi connectivity index (χ4v) is 4.40. The van der Waals surface area contributed by atoms with Gasteiger partial charge in [-0.05, 0) is 35.8 Å². The van der Waals surface area contributed by atoms with Crippen LogP contribution in [0.1, 0.15) is 27.5 Å². The van der Waals surface area contributed by atoms with E-state index in [-0.39, 0.29) is 11.8 Å². The first-order valence-corrected chi connectivity index (χ1v) is 8.64. The molecule has 1 amide bonds. The highest BCUT2D eigenvalue weighted by molar-refractivity contribution is 7.16. The summed E-state index contributed by atoms with van der Waals surface area (Å²) in [6.45, 7) is 2.56. The molecule has 1 aromatic carbocycles. The molecule has 1 unspecified atom stereocenters. The van der Waals surface area contributed by atoms with Crippen LogP contribution in [-0.2, 0) is 11.3 Å². The third-order valence-corrected chi connectivity index (χ3v) is 5.41. The number of allylic oxidation sites excluding steroid dienone is 1. The first-order valence-electron chi connectivity index (χ1n) is 7.45. The van der Waals surface area contributed by atoms with Crippen molar-refractivity contribution in [1.82, 2.24) is 4.90 Å². The van der Waals surface area contributed by atoms with Gasteiger partial charge in [0.25, 0.3) is 0 Å². The van der Waals surface area contributed by atoms with Crippen molar-refractivity contribution in [3.8, 4) is 0 Å². The van der Waals surface area contributed by atoms with Crippen molar-refractivity contribution >= 4 is 28.8 Å². The highest BCUT2D eigenvalue weighted by Crippen LogP contribution is 2.40. The van der Waals surface area contributed by atoms with E-state index < -0.39 is 6.67 Å². The molecule has 0 saturated heterocycles. The van der Waals surface area contributed by atoms with Crippen molar-refractivity contribution in [2.75, 3.05) is 13.2 Å². The molecule has 3 rings (SSSR count). The van der Waals surface area contributed by atoms with Gasteiger partial charge in [0.2, 0.25) is 5.91 Å². The summed E-state index contributed by atoms with van der Waals surface area (Å²) in [7, 11) is 0. The Bertz CT molecular complexity index is 755. The van der Waals surface area contributed by atoms with Crippen LogP contribution in [-0.4, -0.2) is 24.0 Å². The van der Waals surface area contributed by atoms with Crippen LogP contribution in [0.2, 0.25) is 4.34 Å². The van der Waals surface area contributed by atoms with Crippen LogP contribution in [0.5, 0.6) is 0 Å². The second-order valence-electron chi connectivity index (χ2n) is 5.61. The number of carbonyl (C=O) groups is 1. The molecule has 1 atom stereocenters. The molecule has 23 heavy (non-hydrogen) atoms. The van der Waals surface area contributed by atoms with Crippen molar-refractivity contribution in [3.05, 3.63) is 68.4 Å². The second kappa shape index (κ2) is 6.85. The minimum Gasteiger partial charge on any atom is -0.333 e. The zero-order valence-electron chi connectivity index (χ0n) is 12.8. The predicted octanol–water partition coefficient (Wildman–Crippen LogP) is 4.71. The maximum absolute atomic E-state index is 12.3. The Labute approximate surface area is 144 Å². The normalized spacial score (nSPS) is 17.5. The Hall–Kier alpha value is -1.65. The molecule has 0 radical (unpaired) electrons. The lowest BCUT2D eigenvalue weighted by molar-refractivity contribution is -0.127. The fourth-order valence-electron chi connectivity index (χ4n) is 3.05. The molecule has 0 N–H and O–H groups in total. The molecule has 1 aliphatic heterocycles. The second-order valence-corrected chi connectivity index (χ2v) is 7.38. The molecule has 2 heterocycles. The van der Waals surface area contributed by atoms with Crippen LogP contribution >= 0.6 is 22.9 Å². The number of benzene rings is 1. The average Bonchev–Trinajstić information content (AvgIpc) is 2.92. The van der Waals surface area contributed by atoms with E-state index in [1.807, 2.05) is 18.2 Å². The monoisotopic (exact) mass is 349 g/mol. The number of thiophene rings is 1. The standard InChI is InChI=1S/C18H17ClFNOS/c1-12-5-2-3-6-13(12)15-10-21(18(22)7-4-8-20)11-16-14(15)9-17(19)23-16/h2-7,9,15H,8,10-11H2,1H3/b7-4+. The number of aryl methyl sites for hydroxylation is 1. The van der Waals surface area contributed by atoms with Gasteiger partial charge in [0, 0.05) is 23.4 Å². The summed E-state index contributed by atoms with van der Waals surface area (Å²) in [4.78, 5) is 15.1. The summed E-state index contributed by atoms with van der Waals surface area (Å²) in [5.41, 5.74) is 3.60. The number of hydrogen-bond acceptors (Lipinski definition) is 2. The third kappa shape index (κ3) is 3.33. The van der Waals surface area contributed by atoms with E-state index in [9.17, 15) is 9.18 Å². The molecule has 120 valence electrons. The van der Waals surface area contributed by atoms with E-state index in [0.717, 1.165) is 9.21 Å². The smallest absolute Gasteiger partial charge is 0.246 e. The number of fused-ring (bicyclic) bond motifs is 1. The van der Waals surface area contributed by atoms with Gasteiger partial charge >= 0.3 is 0 Å². The van der Waals surface area contributed by atoms with Gasteiger partial charge in [-0.15, -0.1) is 11.3 Å². The van der Waals surface area contributed by atoms with Gasteiger partial charge in [0.15, 0.2) is 0 Å². The SMILES string of the molecule is Cc1ccccc1C1CN(C(=O)/C=C/CF)Cc2sc(Cl)cc21. The van der Waals surface area contributed by atoms with Crippen LogP contribution in [0, 0.1) is 6.92 Å². The Kier molecular flexibility index (Phi) is 4.83. The number of amides is 1. The summed E-state index contributed by atoms with van der Waals surface area (Å²) in [6, 6.07) is 10.2. The first-order chi connectivity index (χ1) is 11.1. The molecule has 0 saturated carbocycles. The van der Waals surface area contributed by atoms with Crippen molar-refractivity contribution in [1.29, 1.82) is 0 Å². The Morgan fingerprint density at radius 2 is 2.22 bits per heavy atom. The fraction of sp³-hybridized carbons (Fsp3) is 0.278. The maximum Gasteiger partial charge on any atom is 0.246 e. The molecule has 0 spiro atoms. The van der Waals surface area contributed by atoms with Gasteiger partial charge in [-0.25, -0.2) is 4.39 Å². The summed E-state index contributed by atoms with van der Waals surface area (Å²) in [5, 5.41) is 0. The van der Waals surface area contributed by atoms with Crippen molar-refractivity contribution in [2.45, 2.75) is 19.4 Å². The number of carbonyl (C=O) groups excluding carboxylic acids is 1. The lowest BCUT2D eigenvalue weighted by Crippen LogP contribution is -2.37. The topological polar surface area (TPSA) is 20.3 Å². The van der Waals surface area contributed by atoms with E-state index in [1.165, 1.54) is 40.2 Å². The van der Waals surface area contributed by atoms with Gasteiger partial charge < -0.3 is 4.90 Å². The first kappa shape index (κ1) is 16.2. The quantitative estimate of drug-likeness (QED) is 0.735. The summed E-state index contributed by atoms with van der Waals surface area (Å²) < 4.78 is 13.0. The molecule has 1 aromatic heterocycles. The van der Waals surface area contributed by atoms with Crippen LogP contribution in [0.15, 0.2) is 42.5 Å². The van der Waals surface area contributed by atoms with Gasteiger partial charge in [-0.2, -0.15) is 0 Å². The van der Waals surface area contributed by atoms with Crippen LogP contribution < -0.4 is 0 Å². The molecular weight excluding hydrogens is 333 g/mol. The average molecular weight is 350 g/mol. The molecule has 0 fully saturated rings. The van der Waals surface area contributed by atoms with Crippen molar-refractivity contribution < 1.29 is 9.18 Å². The number of rotatable bonds is 3. The van der Waals surface area contributed by atoms with Crippen molar-refractivity contribution in [2.24, 2.45) is 0 Å². The van der Waals surface area contributed by atoms with Crippen LogP contribution in [0.4, 0.5) is 4.39 Å². The predicted molar refractivity (Wildman–Crippen MR) is 92.9 cm³/mol. The van der Waals surface area contributed by atoms with Gasteiger partial charge in [0.1, 0.15) is 6.67 Å². The number of halogens is 2. The van der Waals surface area contributed by atoms with E-state index >= 15 is 0 Å². The van der Waals surface area contributed by atoms with Gasteiger partial charge in [-0.3, -0.25) is 4.79 Å². The third-order valence-electron chi connectivity index (χ3n) is 4.15. The minimum atomic E-state index is -0.628. The molecule has 1 aliphatic rings. The van der Waals surface area contributed by atoms with Crippen LogP contribution in [0.25, 0.3) is 0 Å². The zero-order chi connectivity index (χ0) is 16.4. The van der Waals surface area contributed by atoms with E-state index in [1.54, 1.807) is 4.90 Å². The van der Waals surface area contributed by atoms with E-state index in [0.29, 0.717) is 13.1 Å². The van der Waals surface area contributed by atoms with E-state index in [2.05, 4.69) is 19.1 Å². The molecular formula is C18H17ClFNOS. The number of nitrogens with zero attached hydrogens (tertiary/aromatic N) is 1. The Balaban J connectivity index is 1.99. The molecule has 5 heteroatoms. The molecule has 0 aliphatic carbocycles. The zero-order valence-corrected chi connectivity index (χ0v) is 14.3. The molecule has 2 aromatic rings. The lowest BCUT2D eigenvalue weighted by Gasteiger charge is -2.33. The molecule has 2 nitrogen and oxygen atoms in total. The van der Waals surface area contributed by atoms with Gasteiger partial charge in [-0.1, -0.05) is 35.9 Å².